The lowest BCUT2D eigenvalue weighted by Gasteiger charge is -2.34. The molecule has 154 valence electrons. The summed E-state index contributed by atoms with van der Waals surface area (Å²) in [5.74, 6) is 2.08. The third kappa shape index (κ3) is 4.70. The van der Waals surface area contributed by atoms with Crippen LogP contribution in [0.1, 0.15) is 25.7 Å². The molecule has 0 atom stereocenters. The predicted octanol–water partition coefficient (Wildman–Crippen LogP) is 3.16. The van der Waals surface area contributed by atoms with Gasteiger partial charge in [-0.05, 0) is 43.9 Å². The van der Waals surface area contributed by atoms with Crippen molar-refractivity contribution in [3.05, 3.63) is 36.7 Å². The number of benzene rings is 1. The quantitative estimate of drug-likeness (QED) is 0.835. The van der Waals surface area contributed by atoms with Crippen molar-refractivity contribution in [2.45, 2.75) is 31.8 Å². The van der Waals surface area contributed by atoms with Crippen LogP contribution in [-0.2, 0) is 0 Å². The zero-order valence-corrected chi connectivity index (χ0v) is 16.7. The van der Waals surface area contributed by atoms with Gasteiger partial charge in [-0.3, -0.25) is 0 Å². The maximum absolute atomic E-state index is 12.7. The van der Waals surface area contributed by atoms with E-state index in [0.717, 1.165) is 12.8 Å². The number of nitrogens with one attached hydrogen (secondary N) is 1. The number of carbonyl (C=O) groups is 1. The summed E-state index contributed by atoms with van der Waals surface area (Å²) in [6.45, 7) is 2.64. The first-order valence-electron chi connectivity index (χ1n) is 10.2. The molecule has 0 unspecified atom stereocenters. The van der Waals surface area contributed by atoms with Gasteiger partial charge in [0, 0.05) is 50.3 Å². The molecule has 2 aromatic rings. The first-order valence-corrected chi connectivity index (χ1v) is 10.2. The van der Waals surface area contributed by atoms with Crippen LogP contribution in [0.25, 0.3) is 0 Å². The average molecular weight is 397 g/mol. The van der Waals surface area contributed by atoms with Crippen molar-refractivity contribution < 1.29 is 14.3 Å². The van der Waals surface area contributed by atoms with E-state index in [0.29, 0.717) is 49.3 Å². The zero-order valence-electron chi connectivity index (χ0n) is 16.7. The van der Waals surface area contributed by atoms with E-state index in [4.69, 9.17) is 9.47 Å². The minimum absolute atomic E-state index is 0.115. The lowest BCUT2D eigenvalue weighted by atomic mass is 10.2. The number of anilines is 2. The molecule has 2 heterocycles. The largest absolute Gasteiger partial charge is 0.493 e. The summed E-state index contributed by atoms with van der Waals surface area (Å²) in [5, 5.41) is 2.98. The molecule has 1 aliphatic carbocycles. The molecule has 1 N–H and O–H groups in total. The maximum Gasteiger partial charge on any atom is 0.321 e. The van der Waals surface area contributed by atoms with E-state index in [-0.39, 0.29) is 12.1 Å². The first-order chi connectivity index (χ1) is 14.2. The monoisotopic (exact) mass is 397 g/mol. The van der Waals surface area contributed by atoms with Crippen LogP contribution < -0.4 is 19.7 Å². The van der Waals surface area contributed by atoms with Crippen molar-refractivity contribution in [2.75, 3.05) is 43.5 Å². The highest BCUT2D eigenvalue weighted by Crippen LogP contribution is 2.34. The molecular weight excluding hydrogens is 370 g/mol. The molecule has 4 rings (SSSR count). The Hall–Kier alpha value is -3.03. The van der Waals surface area contributed by atoms with Crippen LogP contribution in [0.3, 0.4) is 0 Å². The number of rotatable bonds is 5. The number of hydrogen-bond donors (Lipinski definition) is 1. The molecule has 0 radical (unpaired) electrons. The molecule has 0 bridgehead atoms. The Labute approximate surface area is 170 Å². The van der Waals surface area contributed by atoms with Crippen LogP contribution in [0.2, 0.25) is 0 Å². The molecule has 8 heteroatoms. The van der Waals surface area contributed by atoms with Crippen LogP contribution in [0.15, 0.2) is 36.7 Å². The Morgan fingerprint density at radius 1 is 1.07 bits per heavy atom. The fourth-order valence-electron chi connectivity index (χ4n) is 3.80. The van der Waals surface area contributed by atoms with Crippen LogP contribution >= 0.6 is 0 Å². The number of methoxy groups -OCH3 is 1. The molecule has 8 nitrogen and oxygen atoms in total. The smallest absolute Gasteiger partial charge is 0.321 e. The second kappa shape index (κ2) is 8.98. The number of nitrogens with zero attached hydrogens (tertiary/aromatic N) is 4. The van der Waals surface area contributed by atoms with E-state index in [9.17, 15) is 4.79 Å². The van der Waals surface area contributed by atoms with Gasteiger partial charge in [0.15, 0.2) is 11.5 Å². The highest BCUT2D eigenvalue weighted by atomic mass is 16.5. The van der Waals surface area contributed by atoms with E-state index >= 15 is 0 Å². The van der Waals surface area contributed by atoms with Gasteiger partial charge in [0.25, 0.3) is 0 Å². The molecule has 1 aromatic carbocycles. The first kappa shape index (κ1) is 19.3. The summed E-state index contributed by atoms with van der Waals surface area (Å²) in [6, 6.07) is 7.21. The summed E-state index contributed by atoms with van der Waals surface area (Å²) < 4.78 is 11.5. The summed E-state index contributed by atoms with van der Waals surface area (Å²) >= 11 is 0. The highest BCUT2D eigenvalue weighted by molar-refractivity contribution is 5.90. The van der Waals surface area contributed by atoms with Gasteiger partial charge in [0.05, 0.1) is 13.2 Å². The van der Waals surface area contributed by atoms with Crippen molar-refractivity contribution in [1.29, 1.82) is 0 Å². The Kier molecular flexibility index (Phi) is 5.97. The number of urea groups is 1. The van der Waals surface area contributed by atoms with Gasteiger partial charge in [-0.2, -0.15) is 0 Å². The topological polar surface area (TPSA) is 79.8 Å². The standard InChI is InChI=1S/C21H27N5O3/c1-28-18-8-7-16(15-19(18)29-17-5-2-3-6-17)24-21(27)26-13-11-25(12-14-26)20-22-9-4-10-23-20/h4,7-10,15,17H,2-3,5-6,11-14H2,1H3,(H,24,27). The molecule has 1 aromatic heterocycles. The lowest BCUT2D eigenvalue weighted by molar-refractivity contribution is 0.201. The number of amides is 2. The normalized spacial score (nSPS) is 17.3. The molecule has 1 saturated heterocycles. The minimum Gasteiger partial charge on any atom is -0.493 e. The van der Waals surface area contributed by atoms with E-state index in [1.165, 1.54) is 12.8 Å². The number of carbonyl (C=O) groups excluding carboxylic acids is 1. The van der Waals surface area contributed by atoms with Crippen LogP contribution in [0, 0.1) is 0 Å². The van der Waals surface area contributed by atoms with Crippen LogP contribution in [0.5, 0.6) is 11.5 Å². The van der Waals surface area contributed by atoms with Crippen LogP contribution in [0.4, 0.5) is 16.4 Å². The van der Waals surface area contributed by atoms with Crippen molar-refractivity contribution in [2.24, 2.45) is 0 Å². The van der Waals surface area contributed by atoms with Gasteiger partial charge in [-0.25, -0.2) is 14.8 Å². The van der Waals surface area contributed by atoms with E-state index in [2.05, 4.69) is 20.2 Å². The average Bonchev–Trinajstić information content (AvgIpc) is 3.28. The molecule has 2 amide bonds. The number of piperazine rings is 1. The second-order valence-electron chi connectivity index (χ2n) is 7.34. The van der Waals surface area contributed by atoms with E-state index < -0.39 is 0 Å². The van der Waals surface area contributed by atoms with Crippen molar-refractivity contribution in [3.63, 3.8) is 0 Å². The SMILES string of the molecule is COc1ccc(NC(=O)N2CCN(c3ncccn3)CC2)cc1OC1CCCC1. The second-order valence-corrected chi connectivity index (χ2v) is 7.34. The minimum atomic E-state index is -0.115. The van der Waals surface area contributed by atoms with Gasteiger partial charge >= 0.3 is 6.03 Å². The molecule has 29 heavy (non-hydrogen) atoms. The third-order valence-electron chi connectivity index (χ3n) is 5.41. The van der Waals surface area contributed by atoms with Crippen molar-refractivity contribution in [1.82, 2.24) is 14.9 Å². The Balaban J connectivity index is 1.35. The summed E-state index contributed by atoms with van der Waals surface area (Å²) in [6.07, 6.45) is 8.21. The Morgan fingerprint density at radius 2 is 1.79 bits per heavy atom. The summed E-state index contributed by atoms with van der Waals surface area (Å²) in [4.78, 5) is 25.2. The lowest BCUT2D eigenvalue weighted by Crippen LogP contribution is -2.50. The highest BCUT2D eigenvalue weighted by Gasteiger charge is 2.23. The molecule has 2 fully saturated rings. The predicted molar refractivity (Wildman–Crippen MR) is 111 cm³/mol. The fraction of sp³-hybridized carbons (Fsp3) is 0.476. The van der Waals surface area contributed by atoms with E-state index in [1.807, 2.05) is 18.2 Å². The number of ether oxygens (including phenoxy) is 2. The summed E-state index contributed by atoms with van der Waals surface area (Å²) in [5.41, 5.74) is 0.706. The van der Waals surface area contributed by atoms with E-state index in [1.54, 1.807) is 30.5 Å². The fourth-order valence-corrected chi connectivity index (χ4v) is 3.80. The van der Waals surface area contributed by atoms with Gasteiger partial charge in [0.1, 0.15) is 0 Å². The molecule has 0 spiro atoms. The maximum atomic E-state index is 12.7. The van der Waals surface area contributed by atoms with Gasteiger partial charge in [-0.1, -0.05) is 0 Å². The van der Waals surface area contributed by atoms with Crippen molar-refractivity contribution >= 4 is 17.7 Å². The molecule has 1 aliphatic heterocycles. The third-order valence-corrected chi connectivity index (χ3v) is 5.41. The number of aromatic nitrogens is 2. The summed E-state index contributed by atoms with van der Waals surface area (Å²) in [7, 11) is 1.63. The van der Waals surface area contributed by atoms with Crippen LogP contribution in [-0.4, -0.2) is 60.3 Å². The number of hydrogen-bond acceptors (Lipinski definition) is 6. The Bertz CT molecular complexity index is 818. The molecule has 1 saturated carbocycles. The molecule has 2 aliphatic rings. The van der Waals surface area contributed by atoms with Gasteiger partial charge in [-0.15, -0.1) is 0 Å². The van der Waals surface area contributed by atoms with Gasteiger partial charge < -0.3 is 24.6 Å². The zero-order chi connectivity index (χ0) is 20.1. The Morgan fingerprint density at radius 3 is 2.48 bits per heavy atom. The van der Waals surface area contributed by atoms with Gasteiger partial charge in [0.2, 0.25) is 5.95 Å². The van der Waals surface area contributed by atoms with Crippen molar-refractivity contribution in [3.8, 4) is 11.5 Å². The molecular formula is C21H27N5O3.